The summed E-state index contributed by atoms with van der Waals surface area (Å²) < 4.78 is 29.8. The van der Waals surface area contributed by atoms with Gasteiger partial charge in [0.05, 0.1) is 12.5 Å². The number of rotatable bonds is 6. The third-order valence-electron chi connectivity index (χ3n) is 3.85. The zero-order chi connectivity index (χ0) is 15.4. The first-order chi connectivity index (χ1) is 9.21. The van der Waals surface area contributed by atoms with Crippen LogP contribution in [0.2, 0.25) is 0 Å². The first-order valence-electron chi connectivity index (χ1n) is 6.48. The maximum atomic E-state index is 11.7. The molecule has 1 aliphatic rings. The Morgan fingerprint density at radius 3 is 2.35 bits per heavy atom. The zero-order valence-corrected chi connectivity index (χ0v) is 12.5. The van der Waals surface area contributed by atoms with E-state index >= 15 is 0 Å². The molecule has 1 saturated carbocycles. The number of esters is 1. The summed E-state index contributed by atoms with van der Waals surface area (Å²) in [5.74, 6) is -2.21. The fraction of sp³-hybridized carbons (Fsp3) is 0.833. The molecule has 20 heavy (non-hydrogen) atoms. The van der Waals surface area contributed by atoms with Gasteiger partial charge in [-0.15, -0.1) is 0 Å². The van der Waals surface area contributed by atoms with E-state index in [9.17, 15) is 23.1 Å². The fourth-order valence-corrected chi connectivity index (χ4v) is 3.32. The molecule has 0 spiro atoms. The molecule has 2 N–H and O–H groups in total. The van der Waals surface area contributed by atoms with Gasteiger partial charge in [0.25, 0.3) is 0 Å². The van der Waals surface area contributed by atoms with Gasteiger partial charge in [0, 0.05) is 6.54 Å². The summed E-state index contributed by atoms with van der Waals surface area (Å²) >= 11 is 0. The smallest absolute Gasteiger partial charge is 0.322 e. The average molecular weight is 307 g/mol. The molecule has 8 heteroatoms. The monoisotopic (exact) mass is 307 g/mol. The van der Waals surface area contributed by atoms with Gasteiger partial charge in [0.2, 0.25) is 10.0 Å². The number of carboxylic acid groups (broad SMARTS) is 1. The Morgan fingerprint density at radius 1 is 1.35 bits per heavy atom. The normalized spacial score (nSPS) is 27.0. The molecular formula is C12H21NO6S. The zero-order valence-electron chi connectivity index (χ0n) is 11.7. The highest BCUT2D eigenvalue weighted by molar-refractivity contribution is 7.90. The van der Waals surface area contributed by atoms with Crippen molar-refractivity contribution in [3.05, 3.63) is 0 Å². The Hall–Kier alpha value is -1.15. The molecule has 0 aliphatic heterocycles. The Morgan fingerprint density at radius 2 is 1.90 bits per heavy atom. The summed E-state index contributed by atoms with van der Waals surface area (Å²) in [6.07, 6.45) is 2.38. The topological polar surface area (TPSA) is 110 Å². The van der Waals surface area contributed by atoms with Crippen LogP contribution in [0.4, 0.5) is 0 Å². The van der Waals surface area contributed by atoms with Crippen molar-refractivity contribution in [2.24, 2.45) is 11.3 Å². The van der Waals surface area contributed by atoms with E-state index in [0.717, 1.165) is 20.0 Å². The minimum absolute atomic E-state index is 0.186. The number of carbonyl (C=O) groups is 2. The first kappa shape index (κ1) is 16.9. The van der Waals surface area contributed by atoms with Crippen molar-refractivity contribution < 1.29 is 27.9 Å². The molecule has 7 nitrogen and oxygen atoms in total. The third-order valence-corrected chi connectivity index (χ3v) is 5.05. The lowest BCUT2D eigenvalue weighted by molar-refractivity contribution is -0.151. The highest BCUT2D eigenvalue weighted by Gasteiger charge is 2.42. The summed E-state index contributed by atoms with van der Waals surface area (Å²) in [5.41, 5.74) is -1.07. The quantitative estimate of drug-likeness (QED) is 0.686. The third kappa shape index (κ3) is 4.45. The Bertz CT molecular complexity index is 464. The summed E-state index contributed by atoms with van der Waals surface area (Å²) in [6, 6.07) is 0. The number of carboxylic acids is 1. The number of methoxy groups -OCH3 is 1. The van der Waals surface area contributed by atoms with Gasteiger partial charge in [-0.05, 0) is 31.6 Å². The van der Waals surface area contributed by atoms with Crippen LogP contribution in [0.25, 0.3) is 0 Å². The molecule has 0 saturated heterocycles. The van der Waals surface area contributed by atoms with Gasteiger partial charge < -0.3 is 9.84 Å². The van der Waals surface area contributed by atoms with Crippen LogP contribution in [-0.2, 0) is 24.3 Å². The van der Waals surface area contributed by atoms with Crippen molar-refractivity contribution in [2.75, 3.05) is 19.4 Å². The van der Waals surface area contributed by atoms with Gasteiger partial charge in [0.1, 0.15) is 0 Å². The number of aliphatic carboxylic acids is 1. The van der Waals surface area contributed by atoms with E-state index in [1.165, 1.54) is 0 Å². The molecule has 0 aromatic heterocycles. The number of hydrogen-bond donors (Lipinski definition) is 2. The molecule has 0 radical (unpaired) electrons. The van der Waals surface area contributed by atoms with Crippen molar-refractivity contribution in [1.82, 2.24) is 4.72 Å². The number of carbonyl (C=O) groups excluding carboxylic acids is 1. The molecule has 1 rings (SSSR count). The summed E-state index contributed by atoms with van der Waals surface area (Å²) in [4.78, 5) is 22.4. The lowest BCUT2D eigenvalue weighted by atomic mass is 9.71. The Labute approximate surface area is 118 Å². The van der Waals surface area contributed by atoms with Crippen LogP contribution < -0.4 is 4.72 Å². The van der Waals surface area contributed by atoms with E-state index < -0.39 is 33.1 Å². The fourth-order valence-electron chi connectivity index (χ4n) is 2.29. The molecule has 0 aromatic carbocycles. The number of ether oxygens (including phenoxy) is 1. The van der Waals surface area contributed by atoms with E-state index in [1.54, 1.807) is 0 Å². The molecule has 0 amide bonds. The predicted octanol–water partition coefficient (Wildman–Crippen LogP) is 0.360. The van der Waals surface area contributed by atoms with E-state index in [2.05, 4.69) is 9.46 Å². The average Bonchev–Trinajstić information content (AvgIpc) is 2.37. The van der Waals surface area contributed by atoms with Crippen molar-refractivity contribution in [2.45, 2.75) is 32.6 Å². The minimum Gasteiger partial charge on any atom is -0.481 e. The summed E-state index contributed by atoms with van der Waals surface area (Å²) in [7, 11) is -2.77. The van der Waals surface area contributed by atoms with Gasteiger partial charge in [-0.25, -0.2) is 13.1 Å². The Balaban J connectivity index is 2.69. The standard InChI is InChI=1S/C12H21NO6S/c1-9-3-5-12(6-4-9,11(15)16)8-13-20(17,18)7-10(14)19-2/h9,13H,3-8H2,1-2H3,(H,15,16). The van der Waals surface area contributed by atoms with Gasteiger partial charge in [0.15, 0.2) is 5.75 Å². The van der Waals surface area contributed by atoms with Crippen molar-refractivity contribution in [3.63, 3.8) is 0 Å². The van der Waals surface area contributed by atoms with Crippen LogP contribution in [0.1, 0.15) is 32.6 Å². The molecule has 0 aromatic rings. The summed E-state index contributed by atoms with van der Waals surface area (Å²) in [6.45, 7) is 1.86. The van der Waals surface area contributed by atoms with Gasteiger partial charge >= 0.3 is 11.9 Å². The Kier molecular flexibility index (Phi) is 5.52. The molecule has 1 aliphatic carbocycles. The second-order valence-corrected chi connectivity index (χ2v) is 7.23. The molecule has 0 bridgehead atoms. The number of hydrogen-bond acceptors (Lipinski definition) is 5. The lowest BCUT2D eigenvalue weighted by Gasteiger charge is -2.35. The van der Waals surface area contributed by atoms with Gasteiger partial charge in [-0.2, -0.15) is 0 Å². The lowest BCUT2D eigenvalue weighted by Crippen LogP contribution is -2.46. The van der Waals surface area contributed by atoms with Crippen LogP contribution in [0.15, 0.2) is 0 Å². The van der Waals surface area contributed by atoms with E-state index in [1.807, 2.05) is 6.92 Å². The van der Waals surface area contributed by atoms with Crippen LogP contribution in [-0.4, -0.2) is 44.9 Å². The van der Waals surface area contributed by atoms with Crippen LogP contribution in [0.5, 0.6) is 0 Å². The predicted molar refractivity (Wildman–Crippen MR) is 71.5 cm³/mol. The van der Waals surface area contributed by atoms with Crippen LogP contribution in [0, 0.1) is 11.3 Å². The molecule has 0 heterocycles. The highest BCUT2D eigenvalue weighted by atomic mass is 32.2. The largest absolute Gasteiger partial charge is 0.481 e. The van der Waals surface area contributed by atoms with Crippen molar-refractivity contribution >= 4 is 22.0 Å². The second kappa shape index (κ2) is 6.53. The molecule has 0 atom stereocenters. The second-order valence-electron chi connectivity index (χ2n) is 5.42. The van der Waals surface area contributed by atoms with E-state index in [-0.39, 0.29) is 6.54 Å². The highest BCUT2D eigenvalue weighted by Crippen LogP contribution is 2.38. The van der Waals surface area contributed by atoms with Crippen LogP contribution >= 0.6 is 0 Å². The van der Waals surface area contributed by atoms with Gasteiger partial charge in [-0.1, -0.05) is 6.92 Å². The minimum atomic E-state index is -3.87. The van der Waals surface area contributed by atoms with Gasteiger partial charge in [-0.3, -0.25) is 9.59 Å². The first-order valence-corrected chi connectivity index (χ1v) is 8.13. The number of sulfonamides is 1. The van der Waals surface area contributed by atoms with Crippen molar-refractivity contribution in [1.29, 1.82) is 0 Å². The van der Waals surface area contributed by atoms with Crippen molar-refractivity contribution in [3.8, 4) is 0 Å². The van der Waals surface area contributed by atoms with Crippen LogP contribution in [0.3, 0.4) is 0 Å². The number of nitrogens with one attached hydrogen (secondary N) is 1. The molecule has 1 fully saturated rings. The molecule has 116 valence electrons. The maximum Gasteiger partial charge on any atom is 0.322 e. The van der Waals surface area contributed by atoms with E-state index in [4.69, 9.17) is 0 Å². The maximum absolute atomic E-state index is 11.7. The molecular weight excluding hydrogens is 286 g/mol. The molecule has 0 unspecified atom stereocenters. The van der Waals surface area contributed by atoms with E-state index in [0.29, 0.717) is 18.8 Å². The summed E-state index contributed by atoms with van der Waals surface area (Å²) in [5, 5.41) is 9.37. The SMILES string of the molecule is COC(=O)CS(=O)(=O)NCC1(C(=O)O)CCC(C)CC1.